The third kappa shape index (κ3) is 17.9. The van der Waals surface area contributed by atoms with Crippen molar-refractivity contribution < 1.29 is 9.47 Å². The van der Waals surface area contributed by atoms with Crippen LogP contribution in [0.5, 0.6) is 0 Å². The van der Waals surface area contributed by atoms with E-state index in [2.05, 4.69) is 12.2 Å². The summed E-state index contributed by atoms with van der Waals surface area (Å²) in [5, 5.41) is 3.43. The summed E-state index contributed by atoms with van der Waals surface area (Å²) in [5.74, 6) is 0. The lowest BCUT2D eigenvalue weighted by Gasteiger charge is -2.06. The van der Waals surface area contributed by atoms with Crippen LogP contribution < -0.4 is 5.32 Å². The molecule has 0 bridgehead atoms. The molecule has 0 saturated heterocycles. The summed E-state index contributed by atoms with van der Waals surface area (Å²) in [4.78, 5) is 0. The van der Waals surface area contributed by atoms with Crippen LogP contribution in [0.3, 0.4) is 0 Å². The van der Waals surface area contributed by atoms with E-state index in [1.165, 1.54) is 51.4 Å². The fourth-order valence-electron chi connectivity index (χ4n) is 2.06. The molecule has 116 valence electrons. The molecule has 3 nitrogen and oxygen atoms in total. The van der Waals surface area contributed by atoms with Gasteiger partial charge in [-0.2, -0.15) is 0 Å². The summed E-state index contributed by atoms with van der Waals surface area (Å²) in [7, 11) is 1.73. The number of nitrogens with one attached hydrogen (secondary N) is 1. The molecule has 0 aromatic carbocycles. The van der Waals surface area contributed by atoms with Crippen LogP contribution in [0, 0.1) is 0 Å². The Kier molecular flexibility index (Phi) is 17.8. The molecule has 1 N–H and O–H groups in total. The van der Waals surface area contributed by atoms with Crippen molar-refractivity contribution in [1.82, 2.24) is 5.32 Å². The number of hydrogen-bond acceptors (Lipinski definition) is 3. The van der Waals surface area contributed by atoms with Gasteiger partial charge in [0.2, 0.25) is 0 Å². The molecule has 0 atom stereocenters. The number of unbranched alkanes of at least 4 members (excludes halogenated alkanes) is 7. The van der Waals surface area contributed by atoms with Crippen LogP contribution in [0.4, 0.5) is 0 Å². The van der Waals surface area contributed by atoms with Crippen LogP contribution in [0.15, 0.2) is 0 Å². The monoisotopic (exact) mass is 273 g/mol. The Labute approximate surface area is 120 Å². The fourth-order valence-corrected chi connectivity index (χ4v) is 2.06. The highest BCUT2D eigenvalue weighted by Crippen LogP contribution is 2.07. The third-order valence-electron chi connectivity index (χ3n) is 3.27. The molecule has 0 aliphatic rings. The number of hydrogen-bond donors (Lipinski definition) is 1. The predicted octanol–water partition coefficient (Wildman–Crippen LogP) is 3.77. The molecule has 0 aromatic rings. The molecule has 0 amide bonds. The summed E-state index contributed by atoms with van der Waals surface area (Å²) in [6, 6.07) is 0. The van der Waals surface area contributed by atoms with E-state index in [0.717, 1.165) is 39.3 Å². The van der Waals surface area contributed by atoms with Gasteiger partial charge in [-0.25, -0.2) is 0 Å². The largest absolute Gasteiger partial charge is 0.385 e. The molecule has 0 aliphatic carbocycles. The van der Waals surface area contributed by atoms with Crippen LogP contribution in [0.2, 0.25) is 0 Å². The number of ether oxygens (including phenoxy) is 2. The highest BCUT2D eigenvalue weighted by atomic mass is 16.5. The van der Waals surface area contributed by atoms with Crippen molar-refractivity contribution in [2.75, 3.05) is 40.0 Å². The van der Waals surface area contributed by atoms with Crippen molar-refractivity contribution in [2.24, 2.45) is 0 Å². The van der Waals surface area contributed by atoms with Crippen molar-refractivity contribution in [3.8, 4) is 0 Å². The molecule has 0 fully saturated rings. The van der Waals surface area contributed by atoms with Gasteiger partial charge in [0.15, 0.2) is 0 Å². The van der Waals surface area contributed by atoms with Gasteiger partial charge in [0.1, 0.15) is 0 Å². The highest BCUT2D eigenvalue weighted by molar-refractivity contribution is 4.50. The Morgan fingerprint density at radius 2 is 1.37 bits per heavy atom. The van der Waals surface area contributed by atoms with Crippen LogP contribution >= 0.6 is 0 Å². The highest BCUT2D eigenvalue weighted by Gasteiger charge is 1.92. The summed E-state index contributed by atoms with van der Waals surface area (Å²) in [6.07, 6.45) is 12.1. The second-order valence-electron chi connectivity index (χ2n) is 5.18. The van der Waals surface area contributed by atoms with Gasteiger partial charge in [0, 0.05) is 26.9 Å². The lowest BCUT2D eigenvalue weighted by molar-refractivity contribution is 0.104. The molecule has 0 spiro atoms. The minimum Gasteiger partial charge on any atom is -0.385 e. The topological polar surface area (TPSA) is 30.5 Å². The third-order valence-corrected chi connectivity index (χ3v) is 3.27. The Morgan fingerprint density at radius 1 is 0.684 bits per heavy atom. The molecule has 0 heterocycles. The molecule has 0 aromatic heterocycles. The Balaban J connectivity index is 2.88. The maximum Gasteiger partial charge on any atom is 0.0590 e. The molecule has 0 rings (SSSR count). The van der Waals surface area contributed by atoms with Crippen molar-refractivity contribution in [2.45, 2.75) is 64.7 Å². The maximum atomic E-state index is 5.48. The first-order valence-electron chi connectivity index (χ1n) is 8.19. The minimum absolute atomic E-state index is 0.797. The first-order chi connectivity index (χ1) is 9.41. The van der Waals surface area contributed by atoms with Crippen LogP contribution in [-0.4, -0.2) is 40.0 Å². The zero-order chi connectivity index (χ0) is 14.0. The van der Waals surface area contributed by atoms with E-state index >= 15 is 0 Å². The second-order valence-corrected chi connectivity index (χ2v) is 5.18. The van der Waals surface area contributed by atoms with Gasteiger partial charge in [0.25, 0.3) is 0 Å². The minimum atomic E-state index is 0.797. The van der Waals surface area contributed by atoms with E-state index in [4.69, 9.17) is 9.47 Å². The summed E-state index contributed by atoms with van der Waals surface area (Å²) >= 11 is 0. The first kappa shape index (κ1) is 18.9. The second kappa shape index (κ2) is 17.9. The van der Waals surface area contributed by atoms with Crippen molar-refractivity contribution >= 4 is 0 Å². The quantitative estimate of drug-likeness (QED) is 0.434. The van der Waals surface area contributed by atoms with E-state index in [0.29, 0.717) is 0 Å². The lowest BCUT2D eigenvalue weighted by Crippen LogP contribution is -2.21. The zero-order valence-corrected chi connectivity index (χ0v) is 13.2. The number of rotatable bonds is 16. The molecule has 0 saturated carbocycles. The van der Waals surface area contributed by atoms with Crippen molar-refractivity contribution in [3.05, 3.63) is 0 Å². The summed E-state index contributed by atoms with van der Waals surface area (Å²) < 4.78 is 10.4. The van der Waals surface area contributed by atoms with Gasteiger partial charge in [-0.15, -0.1) is 0 Å². The zero-order valence-electron chi connectivity index (χ0n) is 13.2. The SMILES string of the molecule is CCCCCCCCCCNCCOCCCOC. The average Bonchev–Trinajstić information content (AvgIpc) is 2.43. The molecule has 0 unspecified atom stereocenters. The molecule has 0 aliphatic heterocycles. The van der Waals surface area contributed by atoms with Crippen molar-refractivity contribution in [3.63, 3.8) is 0 Å². The smallest absolute Gasteiger partial charge is 0.0590 e. The maximum absolute atomic E-state index is 5.48. The van der Waals surface area contributed by atoms with Crippen LogP contribution in [0.1, 0.15) is 64.7 Å². The fraction of sp³-hybridized carbons (Fsp3) is 1.00. The Morgan fingerprint density at radius 3 is 2.05 bits per heavy atom. The van der Waals surface area contributed by atoms with Gasteiger partial charge < -0.3 is 14.8 Å². The van der Waals surface area contributed by atoms with Crippen molar-refractivity contribution in [1.29, 1.82) is 0 Å². The standard InChI is InChI=1S/C16H35NO2/c1-3-4-5-6-7-8-9-10-12-17-13-16-19-15-11-14-18-2/h17H,3-16H2,1-2H3. The first-order valence-corrected chi connectivity index (χ1v) is 8.19. The van der Waals surface area contributed by atoms with Crippen LogP contribution in [0.25, 0.3) is 0 Å². The van der Waals surface area contributed by atoms with Gasteiger partial charge in [-0.1, -0.05) is 51.9 Å². The van der Waals surface area contributed by atoms with E-state index in [1.54, 1.807) is 7.11 Å². The molecular formula is C16H35NO2. The molecule has 19 heavy (non-hydrogen) atoms. The van der Waals surface area contributed by atoms with Gasteiger partial charge in [-0.3, -0.25) is 0 Å². The van der Waals surface area contributed by atoms with Gasteiger partial charge in [-0.05, 0) is 19.4 Å². The van der Waals surface area contributed by atoms with E-state index in [1.807, 2.05) is 0 Å². The van der Waals surface area contributed by atoms with Crippen LogP contribution in [-0.2, 0) is 9.47 Å². The molecule has 0 radical (unpaired) electrons. The molecular weight excluding hydrogens is 238 g/mol. The Hall–Kier alpha value is -0.120. The average molecular weight is 273 g/mol. The lowest BCUT2D eigenvalue weighted by atomic mass is 10.1. The number of methoxy groups -OCH3 is 1. The van der Waals surface area contributed by atoms with E-state index < -0.39 is 0 Å². The van der Waals surface area contributed by atoms with Gasteiger partial charge >= 0.3 is 0 Å². The predicted molar refractivity (Wildman–Crippen MR) is 82.8 cm³/mol. The summed E-state index contributed by atoms with van der Waals surface area (Å²) in [5.41, 5.74) is 0. The summed E-state index contributed by atoms with van der Waals surface area (Å²) in [6.45, 7) is 6.81. The van der Waals surface area contributed by atoms with E-state index in [-0.39, 0.29) is 0 Å². The molecule has 3 heteroatoms. The van der Waals surface area contributed by atoms with Gasteiger partial charge in [0.05, 0.1) is 6.61 Å². The normalized spacial score (nSPS) is 11.1. The van der Waals surface area contributed by atoms with E-state index in [9.17, 15) is 0 Å². The Bertz CT molecular complexity index is 138.